The van der Waals surface area contributed by atoms with Gasteiger partial charge in [0.2, 0.25) is 0 Å². The Hall–Kier alpha value is -1.24. The average molecular weight is 287 g/mol. The third-order valence-corrected chi connectivity index (χ3v) is 6.05. The lowest BCUT2D eigenvalue weighted by Crippen LogP contribution is -2.53. The van der Waals surface area contributed by atoms with Gasteiger partial charge in [0.15, 0.2) is 21.5 Å². The summed E-state index contributed by atoms with van der Waals surface area (Å²) in [5, 5.41) is 0. The maximum Gasteiger partial charge on any atom is 0.187 e. The van der Waals surface area contributed by atoms with Gasteiger partial charge in [-0.3, -0.25) is 0 Å². The van der Waals surface area contributed by atoms with Crippen LogP contribution in [0.1, 0.15) is 26.5 Å². The molecule has 1 saturated heterocycles. The predicted octanol–water partition coefficient (Wildman–Crippen LogP) is 1.19. The number of aromatic nitrogens is 2. The van der Waals surface area contributed by atoms with Crippen molar-refractivity contribution in [1.82, 2.24) is 9.97 Å². The molecule has 2 heterocycles. The molecule has 0 aliphatic carbocycles. The van der Waals surface area contributed by atoms with Crippen LogP contribution in [0.3, 0.4) is 0 Å². The van der Waals surface area contributed by atoms with Gasteiger partial charge >= 0.3 is 0 Å². The molecule has 5 nitrogen and oxygen atoms in total. The first-order valence-electron chi connectivity index (χ1n) is 6.25. The highest BCUT2D eigenvalue weighted by molar-refractivity contribution is 7.92. The van der Waals surface area contributed by atoms with E-state index in [1.165, 1.54) is 6.33 Å². The Morgan fingerprint density at radius 1 is 1.42 bits per heavy atom. The van der Waals surface area contributed by atoms with E-state index in [0.29, 0.717) is 12.1 Å². The van der Waals surface area contributed by atoms with Gasteiger partial charge in [-0.25, -0.2) is 22.8 Å². The van der Waals surface area contributed by atoms with Crippen LogP contribution in [-0.2, 0) is 16.3 Å². The molecule has 0 unspecified atom stereocenters. The van der Waals surface area contributed by atoms with Crippen molar-refractivity contribution in [2.75, 3.05) is 23.7 Å². The van der Waals surface area contributed by atoms with Crippen LogP contribution in [0, 0.1) is 5.82 Å². The second kappa shape index (κ2) is 4.70. The molecule has 0 bridgehead atoms. The molecule has 1 aliphatic heterocycles. The van der Waals surface area contributed by atoms with Gasteiger partial charge in [0.1, 0.15) is 6.33 Å². The number of hydrogen-bond donors (Lipinski definition) is 0. The lowest BCUT2D eigenvalue weighted by atomic mass is 10.2. The lowest BCUT2D eigenvalue weighted by Gasteiger charge is -2.38. The topological polar surface area (TPSA) is 63.2 Å². The van der Waals surface area contributed by atoms with Crippen molar-refractivity contribution in [3.8, 4) is 0 Å². The van der Waals surface area contributed by atoms with E-state index in [0.717, 1.165) is 0 Å². The Kier molecular flexibility index (Phi) is 3.51. The Balaban J connectivity index is 2.35. The summed E-state index contributed by atoms with van der Waals surface area (Å²) >= 11 is 0. The molecule has 1 aromatic heterocycles. The number of sulfone groups is 1. The van der Waals surface area contributed by atoms with Gasteiger partial charge in [0, 0.05) is 13.1 Å². The van der Waals surface area contributed by atoms with E-state index >= 15 is 0 Å². The zero-order valence-electron chi connectivity index (χ0n) is 11.4. The number of aryl methyl sites for hydroxylation is 1. The van der Waals surface area contributed by atoms with Crippen LogP contribution in [0.2, 0.25) is 0 Å². The van der Waals surface area contributed by atoms with Crippen molar-refractivity contribution < 1.29 is 12.8 Å². The molecule has 1 fully saturated rings. The average Bonchev–Trinajstić information content (AvgIpc) is 2.33. The van der Waals surface area contributed by atoms with Gasteiger partial charge in [-0.2, -0.15) is 0 Å². The minimum atomic E-state index is -3.14. The van der Waals surface area contributed by atoms with Gasteiger partial charge in [0.25, 0.3) is 0 Å². The fourth-order valence-electron chi connectivity index (χ4n) is 2.19. The molecule has 0 amide bonds. The highest BCUT2D eigenvalue weighted by Crippen LogP contribution is 2.28. The third-order valence-electron chi connectivity index (χ3n) is 3.52. The van der Waals surface area contributed by atoms with Crippen LogP contribution in [0.5, 0.6) is 0 Å². The van der Waals surface area contributed by atoms with Gasteiger partial charge < -0.3 is 4.90 Å². The first kappa shape index (κ1) is 14.2. The van der Waals surface area contributed by atoms with Crippen LogP contribution in [0.15, 0.2) is 6.33 Å². The van der Waals surface area contributed by atoms with Crippen molar-refractivity contribution in [2.45, 2.75) is 31.9 Å². The number of hydrogen-bond acceptors (Lipinski definition) is 5. The van der Waals surface area contributed by atoms with Crippen LogP contribution in [0.4, 0.5) is 10.2 Å². The largest absolute Gasteiger partial charge is 0.351 e. The van der Waals surface area contributed by atoms with Crippen molar-refractivity contribution in [3.63, 3.8) is 0 Å². The molecule has 0 saturated carbocycles. The van der Waals surface area contributed by atoms with E-state index in [1.807, 2.05) is 6.92 Å². The summed E-state index contributed by atoms with van der Waals surface area (Å²) in [5.74, 6) is -0.222. The summed E-state index contributed by atoms with van der Waals surface area (Å²) in [6.07, 6.45) is 1.81. The molecule has 106 valence electrons. The minimum Gasteiger partial charge on any atom is -0.351 e. The molecule has 1 aliphatic rings. The molecule has 0 N–H and O–H groups in total. The predicted molar refractivity (Wildman–Crippen MR) is 71.4 cm³/mol. The fourth-order valence-corrected chi connectivity index (χ4v) is 3.55. The standard InChI is InChI=1S/C12H18FN3O2S/c1-4-9-10(13)11(15-8-14-9)16-5-6-19(17,18)12(2,3)7-16/h8H,4-7H2,1-3H3. The van der Waals surface area contributed by atoms with E-state index in [2.05, 4.69) is 9.97 Å². The van der Waals surface area contributed by atoms with E-state index in [9.17, 15) is 12.8 Å². The normalized spacial score (nSPS) is 21.4. The molecule has 0 aromatic carbocycles. The first-order chi connectivity index (χ1) is 8.78. The zero-order valence-corrected chi connectivity index (χ0v) is 12.2. The van der Waals surface area contributed by atoms with E-state index < -0.39 is 20.4 Å². The summed E-state index contributed by atoms with van der Waals surface area (Å²) in [7, 11) is -3.14. The summed E-state index contributed by atoms with van der Waals surface area (Å²) in [4.78, 5) is 9.55. The maximum atomic E-state index is 14.2. The molecule has 0 spiro atoms. The Bertz CT molecular complexity index is 587. The number of nitrogens with zero attached hydrogens (tertiary/aromatic N) is 3. The van der Waals surface area contributed by atoms with E-state index in [4.69, 9.17) is 0 Å². The minimum absolute atomic E-state index is 0.0188. The molecule has 0 radical (unpaired) electrons. The monoisotopic (exact) mass is 287 g/mol. The lowest BCUT2D eigenvalue weighted by molar-refractivity contribution is 0.513. The van der Waals surface area contributed by atoms with Gasteiger partial charge in [-0.1, -0.05) is 6.92 Å². The molecule has 19 heavy (non-hydrogen) atoms. The van der Waals surface area contributed by atoms with Crippen molar-refractivity contribution in [3.05, 3.63) is 17.8 Å². The molecular formula is C12H18FN3O2S. The van der Waals surface area contributed by atoms with Crippen molar-refractivity contribution >= 4 is 15.7 Å². The summed E-state index contributed by atoms with van der Waals surface area (Å²) < 4.78 is 37.2. The third kappa shape index (κ3) is 2.43. The number of anilines is 1. The Labute approximate surface area is 112 Å². The number of halogens is 1. The molecule has 1 aromatic rings. The quantitative estimate of drug-likeness (QED) is 0.817. The zero-order chi connectivity index (χ0) is 14.3. The van der Waals surface area contributed by atoms with Crippen LogP contribution in [-0.4, -0.2) is 42.0 Å². The second-order valence-corrected chi connectivity index (χ2v) is 8.05. The molecular weight excluding hydrogens is 269 g/mol. The first-order valence-corrected chi connectivity index (χ1v) is 7.90. The maximum absolute atomic E-state index is 14.2. The molecule has 0 atom stereocenters. The van der Waals surface area contributed by atoms with E-state index in [-0.39, 0.29) is 24.7 Å². The summed E-state index contributed by atoms with van der Waals surface area (Å²) in [6, 6.07) is 0. The van der Waals surface area contributed by atoms with Crippen LogP contribution < -0.4 is 4.90 Å². The second-order valence-electron chi connectivity index (χ2n) is 5.31. The summed E-state index contributed by atoms with van der Waals surface area (Å²) in [5.41, 5.74) is 0.358. The fraction of sp³-hybridized carbons (Fsp3) is 0.667. The van der Waals surface area contributed by atoms with Crippen LogP contribution in [0.25, 0.3) is 0 Å². The van der Waals surface area contributed by atoms with Crippen molar-refractivity contribution in [1.29, 1.82) is 0 Å². The van der Waals surface area contributed by atoms with Crippen molar-refractivity contribution in [2.24, 2.45) is 0 Å². The molecule has 7 heteroatoms. The highest BCUT2D eigenvalue weighted by Gasteiger charge is 2.41. The van der Waals surface area contributed by atoms with Gasteiger partial charge in [0.05, 0.1) is 16.2 Å². The summed E-state index contributed by atoms with van der Waals surface area (Å²) in [6.45, 7) is 5.65. The Morgan fingerprint density at radius 3 is 2.68 bits per heavy atom. The van der Waals surface area contributed by atoms with E-state index in [1.54, 1.807) is 18.7 Å². The highest BCUT2D eigenvalue weighted by atomic mass is 32.2. The van der Waals surface area contributed by atoms with Gasteiger partial charge in [-0.15, -0.1) is 0 Å². The van der Waals surface area contributed by atoms with Gasteiger partial charge in [-0.05, 0) is 20.3 Å². The smallest absolute Gasteiger partial charge is 0.187 e. The Morgan fingerprint density at radius 2 is 2.11 bits per heavy atom. The SMILES string of the molecule is CCc1ncnc(N2CCS(=O)(=O)C(C)(C)C2)c1F. The molecule has 2 rings (SSSR count). The van der Waals surface area contributed by atoms with Crippen LogP contribution >= 0.6 is 0 Å². The number of rotatable bonds is 2.